The minimum absolute atomic E-state index is 0.578. The summed E-state index contributed by atoms with van der Waals surface area (Å²) in [6.07, 6.45) is 16.8. The fraction of sp³-hybridized carbons (Fsp3) is 0.864. The Morgan fingerprint density at radius 3 is 1.70 bits per heavy atom. The third-order valence-corrected chi connectivity index (χ3v) is 7.12. The van der Waals surface area contributed by atoms with Crippen LogP contribution in [0.3, 0.4) is 0 Å². The first-order valence-electron chi connectivity index (χ1n) is 10.3. The van der Waals surface area contributed by atoms with Crippen LogP contribution in [-0.2, 0) is 4.79 Å². The highest BCUT2D eigenvalue weighted by Crippen LogP contribution is 2.49. The van der Waals surface area contributed by atoms with E-state index < -0.39 is 0 Å². The van der Waals surface area contributed by atoms with Crippen LogP contribution in [-0.4, -0.2) is 5.78 Å². The standard InChI is InChI=1S/C22H36O/c1-16(2)13-22-20(17-9-5-3-6-10-17)14-19(23)15-21(22)18-11-7-4-8-12-18/h17-18,20-22H,1,3-15H2,2H3. The molecule has 0 heterocycles. The van der Waals surface area contributed by atoms with E-state index in [2.05, 4.69) is 13.5 Å². The molecule has 1 nitrogen and oxygen atoms in total. The quantitative estimate of drug-likeness (QED) is 0.554. The highest BCUT2D eigenvalue weighted by atomic mass is 16.1. The molecule has 3 rings (SSSR count). The molecule has 2 unspecified atom stereocenters. The smallest absolute Gasteiger partial charge is 0.133 e. The second-order valence-corrected chi connectivity index (χ2v) is 8.90. The van der Waals surface area contributed by atoms with Gasteiger partial charge >= 0.3 is 0 Å². The topological polar surface area (TPSA) is 17.1 Å². The van der Waals surface area contributed by atoms with Crippen molar-refractivity contribution < 1.29 is 4.79 Å². The van der Waals surface area contributed by atoms with Crippen LogP contribution in [0.25, 0.3) is 0 Å². The Bertz CT molecular complexity index is 382. The van der Waals surface area contributed by atoms with Gasteiger partial charge in [-0.05, 0) is 42.9 Å². The molecule has 0 saturated heterocycles. The zero-order valence-corrected chi connectivity index (χ0v) is 15.2. The third kappa shape index (κ3) is 4.28. The minimum atomic E-state index is 0.578. The molecule has 23 heavy (non-hydrogen) atoms. The molecule has 3 fully saturated rings. The van der Waals surface area contributed by atoms with E-state index in [0.29, 0.717) is 17.6 Å². The van der Waals surface area contributed by atoms with Gasteiger partial charge in [0.05, 0.1) is 0 Å². The second kappa shape index (κ2) is 7.99. The average Bonchev–Trinajstić information content (AvgIpc) is 2.57. The van der Waals surface area contributed by atoms with Crippen molar-refractivity contribution in [3.8, 4) is 0 Å². The zero-order valence-electron chi connectivity index (χ0n) is 15.2. The van der Waals surface area contributed by atoms with Gasteiger partial charge in [-0.25, -0.2) is 0 Å². The lowest BCUT2D eigenvalue weighted by molar-refractivity contribution is -0.128. The van der Waals surface area contributed by atoms with Gasteiger partial charge in [0.15, 0.2) is 0 Å². The van der Waals surface area contributed by atoms with Crippen LogP contribution >= 0.6 is 0 Å². The molecule has 3 saturated carbocycles. The molecule has 0 aliphatic heterocycles. The number of rotatable bonds is 4. The number of carbonyl (C=O) groups is 1. The SMILES string of the molecule is C=C(C)CC1C(C2CCCCC2)CC(=O)CC1C1CCCCC1. The highest BCUT2D eigenvalue weighted by molar-refractivity contribution is 5.80. The van der Waals surface area contributed by atoms with Crippen molar-refractivity contribution in [1.82, 2.24) is 0 Å². The number of carbonyl (C=O) groups excluding carboxylic acids is 1. The van der Waals surface area contributed by atoms with Crippen molar-refractivity contribution in [3.05, 3.63) is 12.2 Å². The maximum Gasteiger partial charge on any atom is 0.133 e. The van der Waals surface area contributed by atoms with Gasteiger partial charge in [-0.1, -0.05) is 69.8 Å². The largest absolute Gasteiger partial charge is 0.300 e. The second-order valence-electron chi connectivity index (χ2n) is 8.90. The van der Waals surface area contributed by atoms with Gasteiger partial charge in [0.25, 0.3) is 0 Å². The van der Waals surface area contributed by atoms with Crippen LogP contribution in [0.2, 0.25) is 0 Å². The van der Waals surface area contributed by atoms with Crippen LogP contribution in [0.15, 0.2) is 12.2 Å². The first kappa shape index (κ1) is 17.2. The first-order chi connectivity index (χ1) is 11.1. The lowest BCUT2D eigenvalue weighted by Crippen LogP contribution is -2.41. The summed E-state index contributed by atoms with van der Waals surface area (Å²) < 4.78 is 0. The predicted molar refractivity (Wildman–Crippen MR) is 97.3 cm³/mol. The summed E-state index contributed by atoms with van der Waals surface area (Å²) in [5.74, 6) is 4.30. The van der Waals surface area contributed by atoms with E-state index in [1.807, 2.05) is 0 Å². The van der Waals surface area contributed by atoms with Crippen LogP contribution < -0.4 is 0 Å². The summed E-state index contributed by atoms with van der Waals surface area (Å²) in [5, 5.41) is 0. The number of ketones is 1. The maximum atomic E-state index is 12.6. The zero-order chi connectivity index (χ0) is 16.2. The van der Waals surface area contributed by atoms with Gasteiger partial charge in [0.1, 0.15) is 5.78 Å². The maximum absolute atomic E-state index is 12.6. The molecule has 0 N–H and O–H groups in total. The molecule has 3 aliphatic rings. The molecule has 0 amide bonds. The fourth-order valence-corrected chi connectivity index (χ4v) is 6.09. The van der Waals surface area contributed by atoms with E-state index >= 15 is 0 Å². The Morgan fingerprint density at radius 1 is 0.870 bits per heavy atom. The Balaban J connectivity index is 1.79. The number of hydrogen-bond acceptors (Lipinski definition) is 1. The summed E-state index contributed by atoms with van der Waals surface area (Å²) in [6, 6.07) is 0. The Hall–Kier alpha value is -0.590. The van der Waals surface area contributed by atoms with E-state index in [9.17, 15) is 4.79 Å². The van der Waals surface area contributed by atoms with E-state index in [0.717, 1.165) is 30.6 Å². The highest BCUT2D eigenvalue weighted by Gasteiger charge is 2.43. The lowest BCUT2D eigenvalue weighted by atomic mass is 9.58. The van der Waals surface area contributed by atoms with Gasteiger partial charge in [0.2, 0.25) is 0 Å². The fourth-order valence-electron chi connectivity index (χ4n) is 6.09. The summed E-state index contributed by atoms with van der Waals surface area (Å²) in [7, 11) is 0. The molecule has 0 bridgehead atoms. The van der Waals surface area contributed by atoms with Crippen molar-refractivity contribution in [2.45, 2.75) is 90.4 Å². The average molecular weight is 317 g/mol. The van der Waals surface area contributed by atoms with Crippen molar-refractivity contribution in [2.24, 2.45) is 29.6 Å². The number of Topliss-reactive ketones (excluding diaryl/α,β-unsaturated/α-hetero) is 1. The first-order valence-corrected chi connectivity index (χ1v) is 10.3. The van der Waals surface area contributed by atoms with Gasteiger partial charge in [0, 0.05) is 12.8 Å². The van der Waals surface area contributed by atoms with Crippen LogP contribution in [0.1, 0.15) is 90.4 Å². The summed E-state index contributed by atoms with van der Waals surface area (Å²) in [5.41, 5.74) is 1.34. The Morgan fingerprint density at radius 2 is 1.30 bits per heavy atom. The molecule has 0 spiro atoms. The molecular formula is C22H36O. The van der Waals surface area contributed by atoms with Crippen LogP contribution in [0.4, 0.5) is 0 Å². The van der Waals surface area contributed by atoms with Crippen molar-refractivity contribution >= 4 is 5.78 Å². The Kier molecular flexibility index (Phi) is 5.99. The van der Waals surface area contributed by atoms with Gasteiger partial charge in [-0.2, -0.15) is 0 Å². The van der Waals surface area contributed by atoms with Crippen molar-refractivity contribution in [1.29, 1.82) is 0 Å². The molecule has 0 radical (unpaired) electrons. The summed E-state index contributed by atoms with van der Waals surface area (Å²) >= 11 is 0. The molecule has 2 atom stereocenters. The molecule has 1 heteroatoms. The molecule has 0 aromatic rings. The molecule has 3 aliphatic carbocycles. The van der Waals surface area contributed by atoms with Gasteiger partial charge < -0.3 is 0 Å². The normalized spacial score (nSPS) is 34.5. The summed E-state index contributed by atoms with van der Waals surface area (Å²) in [6.45, 7) is 6.44. The third-order valence-electron chi connectivity index (χ3n) is 7.12. The van der Waals surface area contributed by atoms with E-state index in [1.54, 1.807) is 0 Å². The van der Waals surface area contributed by atoms with E-state index in [1.165, 1.54) is 76.2 Å². The van der Waals surface area contributed by atoms with Gasteiger partial charge in [-0.15, -0.1) is 6.58 Å². The van der Waals surface area contributed by atoms with Crippen LogP contribution in [0, 0.1) is 29.6 Å². The molecular weight excluding hydrogens is 280 g/mol. The van der Waals surface area contributed by atoms with Crippen molar-refractivity contribution in [3.63, 3.8) is 0 Å². The molecule has 130 valence electrons. The Labute approximate surface area is 143 Å². The lowest BCUT2D eigenvalue weighted by Gasteiger charge is -2.46. The minimum Gasteiger partial charge on any atom is -0.300 e. The molecule has 0 aromatic heterocycles. The van der Waals surface area contributed by atoms with E-state index in [-0.39, 0.29) is 0 Å². The molecule has 0 aromatic carbocycles. The summed E-state index contributed by atoms with van der Waals surface area (Å²) in [4.78, 5) is 12.6. The van der Waals surface area contributed by atoms with Crippen molar-refractivity contribution in [2.75, 3.05) is 0 Å². The van der Waals surface area contributed by atoms with Gasteiger partial charge in [-0.3, -0.25) is 4.79 Å². The monoisotopic (exact) mass is 316 g/mol. The number of allylic oxidation sites excluding steroid dienone is 1. The predicted octanol–water partition coefficient (Wildman–Crippen LogP) is 6.32. The number of hydrogen-bond donors (Lipinski definition) is 0. The van der Waals surface area contributed by atoms with E-state index in [4.69, 9.17) is 0 Å². The van der Waals surface area contributed by atoms with Crippen LogP contribution in [0.5, 0.6) is 0 Å².